The summed E-state index contributed by atoms with van der Waals surface area (Å²) < 4.78 is 6.18. The molecule has 3 heterocycles. The highest BCUT2D eigenvalue weighted by atomic mass is 16.5. The number of carbonyl (C=O) groups is 4. The van der Waals surface area contributed by atoms with Crippen molar-refractivity contribution in [2.24, 2.45) is 0 Å². The third-order valence-corrected chi connectivity index (χ3v) is 10.4. The molecule has 3 aliphatic heterocycles. The summed E-state index contributed by atoms with van der Waals surface area (Å²) in [6.45, 7) is 8.54. The number of fused-ring (bicyclic) bond motifs is 1. The molecular weight excluding hydrogens is 683 g/mol. The minimum absolute atomic E-state index is 0.0846. The molecule has 1 atom stereocenters. The third kappa shape index (κ3) is 7.92. The van der Waals surface area contributed by atoms with Gasteiger partial charge in [-0.05, 0) is 77.1 Å². The summed E-state index contributed by atoms with van der Waals surface area (Å²) in [5.74, 6) is -0.972. The number of rotatable bonds is 13. The highest BCUT2D eigenvalue weighted by Gasteiger charge is 2.45. The van der Waals surface area contributed by atoms with Crippen LogP contribution < -0.4 is 15.4 Å². The zero-order chi connectivity index (χ0) is 37.6. The number of imide groups is 2. The van der Waals surface area contributed by atoms with Crippen molar-refractivity contribution in [1.29, 1.82) is 0 Å². The number of amides is 4. The predicted octanol–water partition coefficient (Wildman–Crippen LogP) is 5.27. The van der Waals surface area contributed by atoms with Crippen molar-refractivity contribution in [1.82, 2.24) is 20.0 Å². The number of nitrogens with zero attached hydrogens (tertiary/aromatic N) is 3. The van der Waals surface area contributed by atoms with Crippen LogP contribution in [-0.4, -0.2) is 102 Å². The van der Waals surface area contributed by atoms with Gasteiger partial charge in [-0.1, -0.05) is 67.6 Å². The quantitative estimate of drug-likeness (QED) is 0.125. The van der Waals surface area contributed by atoms with Crippen molar-refractivity contribution in [3.8, 4) is 11.5 Å². The fraction of sp³-hybridized carbons (Fsp3) is 0.302. The Hall–Kier alpha value is -5.78. The van der Waals surface area contributed by atoms with E-state index < -0.39 is 29.7 Å². The first-order valence-corrected chi connectivity index (χ1v) is 18.6. The lowest BCUT2D eigenvalue weighted by Crippen LogP contribution is -2.54. The summed E-state index contributed by atoms with van der Waals surface area (Å²) in [6, 6.07) is 30.2. The number of piperidine rings is 1. The van der Waals surface area contributed by atoms with Crippen LogP contribution in [0, 0.1) is 0 Å². The number of hydrogen-bond acceptors (Lipinski definition) is 9. The Balaban J connectivity index is 0.886. The van der Waals surface area contributed by atoms with E-state index in [4.69, 9.17) is 4.74 Å². The first-order chi connectivity index (χ1) is 26.3. The van der Waals surface area contributed by atoms with Crippen LogP contribution in [-0.2, 0) is 9.59 Å². The number of allylic oxidation sites excluding steroid dienone is 1. The number of carbonyl (C=O) groups excluding carboxylic acids is 4. The predicted molar refractivity (Wildman–Crippen MR) is 207 cm³/mol. The number of piperazine rings is 1. The molecule has 2 fully saturated rings. The highest BCUT2D eigenvalue weighted by Crippen LogP contribution is 2.36. The van der Waals surface area contributed by atoms with E-state index in [0.29, 0.717) is 18.8 Å². The minimum atomic E-state index is -0.988. The Kier molecular flexibility index (Phi) is 11.2. The van der Waals surface area contributed by atoms with E-state index in [2.05, 4.69) is 63.8 Å². The molecule has 278 valence electrons. The average molecular weight is 728 g/mol. The van der Waals surface area contributed by atoms with Gasteiger partial charge in [0, 0.05) is 57.9 Å². The van der Waals surface area contributed by atoms with Crippen molar-refractivity contribution in [2.75, 3.05) is 57.7 Å². The maximum Gasteiger partial charge on any atom is 0.264 e. The Morgan fingerprint density at radius 3 is 2.11 bits per heavy atom. The van der Waals surface area contributed by atoms with Crippen molar-refractivity contribution in [3.05, 3.63) is 125 Å². The van der Waals surface area contributed by atoms with Gasteiger partial charge in [0.15, 0.2) is 0 Å². The normalized spacial score (nSPS) is 18.3. The molecule has 11 heteroatoms. The van der Waals surface area contributed by atoms with Gasteiger partial charge in [0.25, 0.3) is 11.8 Å². The summed E-state index contributed by atoms with van der Waals surface area (Å²) in [7, 11) is 0. The van der Waals surface area contributed by atoms with E-state index >= 15 is 0 Å². The minimum Gasteiger partial charge on any atom is -0.508 e. The van der Waals surface area contributed by atoms with Crippen LogP contribution in [0.3, 0.4) is 0 Å². The van der Waals surface area contributed by atoms with Crippen LogP contribution in [0.25, 0.3) is 11.1 Å². The highest BCUT2D eigenvalue weighted by molar-refractivity contribution is 6.25. The summed E-state index contributed by atoms with van der Waals surface area (Å²) >= 11 is 0. The maximum absolute atomic E-state index is 13.4. The summed E-state index contributed by atoms with van der Waals surface area (Å²) in [5.41, 5.74) is 6.79. The van der Waals surface area contributed by atoms with E-state index in [1.807, 2.05) is 30.3 Å². The molecule has 4 aromatic rings. The fourth-order valence-corrected chi connectivity index (χ4v) is 7.57. The number of ether oxygens (including phenoxy) is 1. The SMILES string of the molecule is CCC(=C(c1ccc(O)cc1)c1ccc(OCCN2CCN(CCNc3cccc4c3C(=O)N(C3CCC(=O)NC3=O)C4=O)CC2)cc1)c1ccccc1. The summed E-state index contributed by atoms with van der Waals surface area (Å²) in [5, 5.41) is 15.5. The lowest BCUT2D eigenvalue weighted by atomic mass is 9.88. The Morgan fingerprint density at radius 1 is 0.778 bits per heavy atom. The number of phenolic OH excluding ortho intramolecular Hbond substituents is 1. The standard InChI is InChI=1S/C43H45N5O6/c1-2-34(29-7-4-3-5-8-29)39(30-11-15-32(49)16-12-30)31-13-17-33(18-14-31)54-28-27-47-25-23-46(24-26-47)22-21-44-36-10-6-9-35-40(36)43(53)48(42(35)52)37-19-20-38(50)45-41(37)51/h3-18,37,44,49H,2,19-28H2,1H3,(H,45,50,51). The molecule has 3 N–H and O–H groups in total. The average Bonchev–Trinajstić information content (AvgIpc) is 3.44. The van der Waals surface area contributed by atoms with Crippen LogP contribution in [0.4, 0.5) is 5.69 Å². The molecule has 11 nitrogen and oxygen atoms in total. The zero-order valence-corrected chi connectivity index (χ0v) is 30.4. The van der Waals surface area contributed by atoms with Gasteiger partial charge >= 0.3 is 0 Å². The Labute approximate surface area is 315 Å². The second-order valence-corrected chi connectivity index (χ2v) is 13.8. The number of nitrogens with one attached hydrogen (secondary N) is 2. The second kappa shape index (κ2) is 16.5. The molecule has 7 rings (SSSR count). The van der Waals surface area contributed by atoms with E-state index in [-0.39, 0.29) is 29.7 Å². The molecule has 1 unspecified atom stereocenters. The van der Waals surface area contributed by atoms with E-state index in [1.54, 1.807) is 30.3 Å². The van der Waals surface area contributed by atoms with Crippen LogP contribution >= 0.6 is 0 Å². The summed E-state index contributed by atoms with van der Waals surface area (Å²) in [4.78, 5) is 56.4. The Morgan fingerprint density at radius 2 is 1.44 bits per heavy atom. The molecule has 0 radical (unpaired) electrons. The number of anilines is 1. The van der Waals surface area contributed by atoms with Gasteiger partial charge in [-0.25, -0.2) is 0 Å². The lowest BCUT2D eigenvalue weighted by molar-refractivity contribution is -0.136. The van der Waals surface area contributed by atoms with Crippen molar-refractivity contribution >= 4 is 40.5 Å². The van der Waals surface area contributed by atoms with E-state index in [0.717, 1.165) is 73.0 Å². The molecular formula is C43H45N5O6. The molecule has 4 amide bonds. The van der Waals surface area contributed by atoms with Crippen LogP contribution in [0.1, 0.15) is 63.6 Å². The monoisotopic (exact) mass is 727 g/mol. The van der Waals surface area contributed by atoms with Gasteiger partial charge in [0.05, 0.1) is 11.1 Å². The molecule has 2 saturated heterocycles. The smallest absolute Gasteiger partial charge is 0.264 e. The van der Waals surface area contributed by atoms with Crippen molar-refractivity contribution in [2.45, 2.75) is 32.2 Å². The number of benzene rings is 4. The molecule has 0 saturated carbocycles. The molecule has 4 aromatic carbocycles. The molecule has 0 bridgehead atoms. The molecule has 54 heavy (non-hydrogen) atoms. The molecule has 0 spiro atoms. The van der Waals surface area contributed by atoms with Crippen LogP contribution in [0.15, 0.2) is 97.1 Å². The Bertz CT molecular complexity index is 2040. The van der Waals surface area contributed by atoms with Gasteiger partial charge in [0.1, 0.15) is 24.1 Å². The number of hydrogen-bond donors (Lipinski definition) is 3. The van der Waals surface area contributed by atoms with E-state index in [9.17, 15) is 24.3 Å². The second-order valence-electron chi connectivity index (χ2n) is 13.8. The first-order valence-electron chi connectivity index (χ1n) is 18.6. The number of aromatic hydroxyl groups is 1. The number of phenols is 1. The van der Waals surface area contributed by atoms with Gasteiger partial charge in [-0.15, -0.1) is 0 Å². The molecule has 0 aliphatic carbocycles. The van der Waals surface area contributed by atoms with Crippen molar-refractivity contribution in [3.63, 3.8) is 0 Å². The van der Waals surface area contributed by atoms with Gasteiger partial charge in [-0.3, -0.25) is 39.2 Å². The van der Waals surface area contributed by atoms with Gasteiger partial charge in [-0.2, -0.15) is 0 Å². The topological polar surface area (TPSA) is 132 Å². The van der Waals surface area contributed by atoms with Gasteiger partial charge in [0.2, 0.25) is 11.8 Å². The van der Waals surface area contributed by atoms with Crippen LogP contribution in [0.2, 0.25) is 0 Å². The molecule has 0 aromatic heterocycles. The van der Waals surface area contributed by atoms with Crippen molar-refractivity contribution < 1.29 is 29.0 Å². The van der Waals surface area contributed by atoms with Crippen LogP contribution in [0.5, 0.6) is 11.5 Å². The first kappa shape index (κ1) is 36.6. The van der Waals surface area contributed by atoms with Gasteiger partial charge < -0.3 is 15.2 Å². The lowest BCUT2D eigenvalue weighted by Gasteiger charge is -2.34. The largest absolute Gasteiger partial charge is 0.508 e. The van der Waals surface area contributed by atoms with E-state index in [1.165, 1.54) is 11.1 Å². The fourth-order valence-electron chi connectivity index (χ4n) is 7.57. The third-order valence-electron chi connectivity index (χ3n) is 10.4. The molecule has 3 aliphatic rings. The summed E-state index contributed by atoms with van der Waals surface area (Å²) in [6.07, 6.45) is 1.07. The maximum atomic E-state index is 13.4. The zero-order valence-electron chi connectivity index (χ0n) is 30.4.